The third-order valence-electron chi connectivity index (χ3n) is 2.32. The molecule has 98 valence electrons. The van der Waals surface area contributed by atoms with Gasteiger partial charge in [-0.1, -0.05) is 11.3 Å². The number of thiazole rings is 2. The van der Waals surface area contributed by atoms with Gasteiger partial charge in [0.25, 0.3) is 0 Å². The second-order valence-electron chi connectivity index (χ2n) is 4.64. The largest absolute Gasteiger partial charge is 0.359 e. The highest BCUT2D eigenvalue weighted by Crippen LogP contribution is 2.35. The van der Waals surface area contributed by atoms with Gasteiger partial charge in [-0.05, 0) is 20.8 Å². The molecule has 2 aromatic rings. The highest BCUT2D eigenvalue weighted by molar-refractivity contribution is 7.19. The number of hydrogen-bond acceptors (Lipinski definition) is 6. The van der Waals surface area contributed by atoms with Gasteiger partial charge in [-0.25, -0.2) is 9.97 Å². The molecule has 0 aliphatic carbocycles. The van der Waals surface area contributed by atoms with Crippen molar-refractivity contribution < 1.29 is 0 Å². The lowest BCUT2D eigenvalue weighted by Gasteiger charge is -2.05. The van der Waals surface area contributed by atoms with Crippen LogP contribution in [0, 0.1) is 6.92 Å². The molecular weight excluding hydrogens is 264 g/mol. The topological polar surface area (TPSA) is 41.1 Å². The Bertz CT molecular complexity index is 528. The van der Waals surface area contributed by atoms with Crippen LogP contribution in [0.3, 0.4) is 0 Å². The van der Waals surface area contributed by atoms with Crippen molar-refractivity contribution in [3.05, 3.63) is 11.1 Å². The first-order valence-corrected chi connectivity index (χ1v) is 7.54. The van der Waals surface area contributed by atoms with Crippen molar-refractivity contribution >= 4 is 32.9 Å². The predicted octanol–water partition coefficient (Wildman–Crippen LogP) is 3.46. The SMILES string of the molecule is Cc1nc(N(C)C)sc1-c1csc(NC(C)C)n1. The van der Waals surface area contributed by atoms with Gasteiger partial charge in [-0.3, -0.25) is 0 Å². The first kappa shape index (κ1) is 13.3. The summed E-state index contributed by atoms with van der Waals surface area (Å²) in [5.41, 5.74) is 2.07. The lowest BCUT2D eigenvalue weighted by Crippen LogP contribution is -2.08. The van der Waals surface area contributed by atoms with Gasteiger partial charge in [-0.15, -0.1) is 11.3 Å². The standard InChI is InChI=1S/C12H18N4S2/c1-7(2)13-11-15-9(6-17-11)10-8(3)14-12(18-10)16(4)5/h6-7H,1-5H3,(H,13,15). The summed E-state index contributed by atoms with van der Waals surface area (Å²) in [6, 6.07) is 0.406. The lowest BCUT2D eigenvalue weighted by molar-refractivity contribution is 0.897. The Kier molecular flexibility index (Phi) is 3.87. The Balaban J connectivity index is 2.28. The smallest absolute Gasteiger partial charge is 0.185 e. The summed E-state index contributed by atoms with van der Waals surface area (Å²) in [7, 11) is 4.02. The van der Waals surface area contributed by atoms with Gasteiger partial charge in [0.2, 0.25) is 0 Å². The van der Waals surface area contributed by atoms with Gasteiger partial charge < -0.3 is 10.2 Å². The van der Waals surface area contributed by atoms with Crippen molar-refractivity contribution in [2.24, 2.45) is 0 Å². The van der Waals surface area contributed by atoms with E-state index in [4.69, 9.17) is 0 Å². The summed E-state index contributed by atoms with van der Waals surface area (Å²) in [6.07, 6.45) is 0. The van der Waals surface area contributed by atoms with E-state index in [9.17, 15) is 0 Å². The highest BCUT2D eigenvalue weighted by Gasteiger charge is 2.14. The molecule has 0 bridgehead atoms. The number of nitrogens with zero attached hydrogens (tertiary/aromatic N) is 3. The van der Waals surface area contributed by atoms with E-state index in [0.717, 1.165) is 26.5 Å². The van der Waals surface area contributed by atoms with Gasteiger partial charge in [-0.2, -0.15) is 0 Å². The summed E-state index contributed by atoms with van der Waals surface area (Å²) in [5, 5.41) is 7.41. The molecule has 0 saturated heterocycles. The van der Waals surface area contributed by atoms with Crippen LogP contribution in [0.25, 0.3) is 10.6 Å². The fourth-order valence-corrected chi connectivity index (χ4v) is 3.38. The third-order valence-corrected chi connectivity index (χ3v) is 4.44. The Labute approximate surface area is 116 Å². The Morgan fingerprint density at radius 2 is 2.00 bits per heavy atom. The van der Waals surface area contributed by atoms with Crippen LogP contribution in [-0.2, 0) is 0 Å². The Morgan fingerprint density at radius 3 is 2.56 bits per heavy atom. The summed E-state index contributed by atoms with van der Waals surface area (Å²) in [6.45, 7) is 6.26. The summed E-state index contributed by atoms with van der Waals surface area (Å²) in [4.78, 5) is 12.3. The molecule has 0 aliphatic heterocycles. The van der Waals surface area contributed by atoms with Crippen molar-refractivity contribution in [2.75, 3.05) is 24.3 Å². The minimum Gasteiger partial charge on any atom is -0.359 e. The van der Waals surface area contributed by atoms with Crippen LogP contribution < -0.4 is 10.2 Å². The molecule has 0 spiro atoms. The Hall–Kier alpha value is -1.14. The number of aromatic nitrogens is 2. The number of anilines is 2. The molecule has 0 saturated carbocycles. The molecule has 0 aromatic carbocycles. The third kappa shape index (κ3) is 2.81. The van der Waals surface area contributed by atoms with Crippen molar-refractivity contribution in [1.29, 1.82) is 0 Å². The van der Waals surface area contributed by atoms with Crippen molar-refractivity contribution in [3.8, 4) is 10.6 Å². The van der Waals surface area contributed by atoms with E-state index in [1.165, 1.54) is 0 Å². The van der Waals surface area contributed by atoms with E-state index >= 15 is 0 Å². The van der Waals surface area contributed by atoms with Crippen LogP contribution in [0.5, 0.6) is 0 Å². The minimum atomic E-state index is 0.406. The minimum absolute atomic E-state index is 0.406. The van der Waals surface area contributed by atoms with E-state index in [1.54, 1.807) is 22.7 Å². The molecule has 0 unspecified atom stereocenters. The van der Waals surface area contributed by atoms with Crippen LogP contribution in [0.2, 0.25) is 0 Å². The van der Waals surface area contributed by atoms with Crippen molar-refractivity contribution in [2.45, 2.75) is 26.8 Å². The summed E-state index contributed by atoms with van der Waals surface area (Å²) < 4.78 is 0. The molecule has 4 nitrogen and oxygen atoms in total. The predicted molar refractivity (Wildman–Crippen MR) is 81.0 cm³/mol. The first-order valence-electron chi connectivity index (χ1n) is 5.84. The van der Waals surface area contributed by atoms with E-state index in [0.29, 0.717) is 6.04 Å². The molecule has 2 aromatic heterocycles. The van der Waals surface area contributed by atoms with Gasteiger partial charge in [0.15, 0.2) is 10.3 Å². The van der Waals surface area contributed by atoms with E-state index in [1.807, 2.05) is 25.9 Å². The molecule has 0 atom stereocenters. The first-order chi connectivity index (χ1) is 8.47. The number of rotatable bonds is 4. The molecule has 6 heteroatoms. The van der Waals surface area contributed by atoms with E-state index in [-0.39, 0.29) is 0 Å². The molecule has 0 fully saturated rings. The second-order valence-corrected chi connectivity index (χ2v) is 6.48. The maximum atomic E-state index is 4.61. The summed E-state index contributed by atoms with van der Waals surface area (Å²) >= 11 is 3.33. The van der Waals surface area contributed by atoms with Gasteiger partial charge >= 0.3 is 0 Å². The molecule has 2 rings (SSSR count). The maximum Gasteiger partial charge on any atom is 0.185 e. The quantitative estimate of drug-likeness (QED) is 0.932. The molecule has 2 heterocycles. The van der Waals surface area contributed by atoms with Gasteiger partial charge in [0, 0.05) is 25.5 Å². The lowest BCUT2D eigenvalue weighted by atomic mass is 10.3. The fourth-order valence-electron chi connectivity index (χ4n) is 1.50. The van der Waals surface area contributed by atoms with Gasteiger partial charge in [0.1, 0.15) is 0 Å². The van der Waals surface area contributed by atoms with Crippen LogP contribution in [-0.4, -0.2) is 30.1 Å². The maximum absolute atomic E-state index is 4.61. The molecule has 18 heavy (non-hydrogen) atoms. The zero-order valence-corrected chi connectivity index (χ0v) is 12.9. The van der Waals surface area contributed by atoms with Gasteiger partial charge in [0.05, 0.1) is 16.3 Å². The monoisotopic (exact) mass is 282 g/mol. The molecule has 0 amide bonds. The van der Waals surface area contributed by atoms with E-state index < -0.39 is 0 Å². The highest BCUT2D eigenvalue weighted by atomic mass is 32.1. The van der Waals surface area contributed by atoms with Crippen molar-refractivity contribution in [1.82, 2.24) is 9.97 Å². The molecule has 1 N–H and O–H groups in total. The van der Waals surface area contributed by atoms with Crippen LogP contribution >= 0.6 is 22.7 Å². The zero-order valence-electron chi connectivity index (χ0n) is 11.3. The van der Waals surface area contributed by atoms with Crippen LogP contribution in [0.15, 0.2) is 5.38 Å². The number of nitrogens with one attached hydrogen (secondary N) is 1. The average molecular weight is 282 g/mol. The average Bonchev–Trinajstić information content (AvgIpc) is 2.83. The molecule has 0 aliphatic rings. The van der Waals surface area contributed by atoms with E-state index in [2.05, 4.69) is 34.5 Å². The Morgan fingerprint density at radius 1 is 1.28 bits per heavy atom. The second kappa shape index (κ2) is 5.24. The molecular formula is C12H18N4S2. The van der Waals surface area contributed by atoms with Crippen LogP contribution in [0.4, 0.5) is 10.3 Å². The number of hydrogen-bond donors (Lipinski definition) is 1. The van der Waals surface area contributed by atoms with Crippen LogP contribution in [0.1, 0.15) is 19.5 Å². The van der Waals surface area contributed by atoms with Crippen molar-refractivity contribution in [3.63, 3.8) is 0 Å². The normalized spacial score (nSPS) is 11.0. The number of aryl methyl sites for hydroxylation is 1. The fraction of sp³-hybridized carbons (Fsp3) is 0.500. The summed E-state index contributed by atoms with van der Waals surface area (Å²) in [5.74, 6) is 0. The zero-order chi connectivity index (χ0) is 13.3. The molecule has 0 radical (unpaired) electrons.